The molecule has 13 heavy (non-hydrogen) atoms. The zero-order valence-electron chi connectivity index (χ0n) is 7.37. The molecule has 0 aliphatic carbocycles. The van der Waals surface area contributed by atoms with Gasteiger partial charge in [-0.1, -0.05) is 17.7 Å². The van der Waals surface area contributed by atoms with Gasteiger partial charge in [-0.2, -0.15) is 0 Å². The fraction of sp³-hybridized carbons (Fsp3) is 0.625. The van der Waals surface area contributed by atoms with Crippen LogP contribution >= 0.6 is 11.6 Å². The summed E-state index contributed by atoms with van der Waals surface area (Å²) in [4.78, 5) is 13.0. The topological polar surface area (TPSA) is 58.4 Å². The van der Waals surface area contributed by atoms with Crippen molar-refractivity contribution in [3.05, 3.63) is 11.6 Å². The Morgan fingerprint density at radius 1 is 1.77 bits per heavy atom. The van der Waals surface area contributed by atoms with Gasteiger partial charge in [-0.05, 0) is 0 Å². The first-order chi connectivity index (χ1) is 6.25. The van der Waals surface area contributed by atoms with Gasteiger partial charge in [0.15, 0.2) is 0 Å². The van der Waals surface area contributed by atoms with Crippen molar-refractivity contribution in [2.45, 2.75) is 6.04 Å². The number of nitrogens with zero attached hydrogens (tertiary/aromatic N) is 1. The Labute approximate surface area is 82.7 Å². The van der Waals surface area contributed by atoms with Crippen molar-refractivity contribution >= 4 is 17.5 Å². The lowest BCUT2D eigenvalue weighted by Gasteiger charge is -2.33. The van der Waals surface area contributed by atoms with E-state index in [-0.39, 0.29) is 11.9 Å². The van der Waals surface area contributed by atoms with Gasteiger partial charge in [0.25, 0.3) is 0 Å². The Bertz CT molecular complexity index is 208. The van der Waals surface area contributed by atoms with Gasteiger partial charge in [-0.3, -0.25) is 9.69 Å². The van der Waals surface area contributed by atoms with Crippen LogP contribution in [-0.4, -0.2) is 43.0 Å². The van der Waals surface area contributed by atoms with E-state index in [2.05, 4.69) is 5.32 Å². The summed E-state index contributed by atoms with van der Waals surface area (Å²) in [6.07, 6.45) is 1.81. The minimum atomic E-state index is -0.282. The van der Waals surface area contributed by atoms with Crippen LogP contribution in [0, 0.1) is 0 Å². The quantitative estimate of drug-likeness (QED) is 0.650. The van der Waals surface area contributed by atoms with Crippen molar-refractivity contribution in [1.29, 1.82) is 0 Å². The molecule has 1 heterocycles. The number of carbonyl (C=O) groups excluding carboxylic acids is 1. The molecule has 0 saturated carbocycles. The van der Waals surface area contributed by atoms with Crippen LogP contribution in [0.25, 0.3) is 0 Å². The summed E-state index contributed by atoms with van der Waals surface area (Å²) < 4.78 is 0. The van der Waals surface area contributed by atoms with Gasteiger partial charge in [-0.15, -0.1) is 0 Å². The van der Waals surface area contributed by atoms with E-state index in [1.807, 2.05) is 11.0 Å². The molecular formula is C8H14ClN3O. The van der Waals surface area contributed by atoms with Crippen molar-refractivity contribution < 1.29 is 4.79 Å². The van der Waals surface area contributed by atoms with E-state index in [0.29, 0.717) is 13.1 Å². The van der Waals surface area contributed by atoms with E-state index in [0.717, 1.165) is 13.1 Å². The summed E-state index contributed by atoms with van der Waals surface area (Å²) in [6, 6.07) is -0.207. The van der Waals surface area contributed by atoms with Crippen LogP contribution in [0.15, 0.2) is 11.6 Å². The molecule has 0 aromatic carbocycles. The zero-order chi connectivity index (χ0) is 9.68. The lowest BCUT2D eigenvalue weighted by Crippen LogP contribution is -2.56. The average molecular weight is 204 g/mol. The molecule has 3 N–H and O–H groups in total. The number of rotatable bonds is 3. The second kappa shape index (κ2) is 5.21. The zero-order valence-corrected chi connectivity index (χ0v) is 8.13. The van der Waals surface area contributed by atoms with E-state index in [4.69, 9.17) is 17.3 Å². The Hall–Kier alpha value is -0.580. The van der Waals surface area contributed by atoms with Crippen LogP contribution in [0.3, 0.4) is 0 Å². The molecule has 1 fully saturated rings. The highest BCUT2D eigenvalue weighted by atomic mass is 35.5. The summed E-state index contributed by atoms with van der Waals surface area (Å²) in [5, 5.41) is 3.12. The average Bonchev–Trinajstić information content (AvgIpc) is 2.15. The number of primary amides is 1. The number of nitrogens with one attached hydrogen (secondary N) is 1. The normalized spacial score (nSPS) is 25.2. The first-order valence-corrected chi connectivity index (χ1v) is 4.68. The summed E-state index contributed by atoms with van der Waals surface area (Å²) in [7, 11) is 0. The summed E-state index contributed by atoms with van der Waals surface area (Å²) in [6.45, 7) is 3.03. The van der Waals surface area contributed by atoms with Gasteiger partial charge in [-0.25, -0.2) is 0 Å². The standard InChI is InChI=1S/C8H14ClN3O/c9-2-1-4-12-5-3-11-6-7(12)8(10)13/h1-2,7,11H,3-6H2,(H2,10,13). The molecule has 5 heteroatoms. The number of amides is 1. The van der Waals surface area contributed by atoms with Crippen molar-refractivity contribution in [2.24, 2.45) is 5.73 Å². The Morgan fingerprint density at radius 2 is 2.54 bits per heavy atom. The Morgan fingerprint density at radius 3 is 3.15 bits per heavy atom. The van der Waals surface area contributed by atoms with E-state index in [1.54, 1.807) is 0 Å². The van der Waals surface area contributed by atoms with Gasteiger partial charge >= 0.3 is 0 Å². The van der Waals surface area contributed by atoms with Crippen LogP contribution in [0.5, 0.6) is 0 Å². The van der Waals surface area contributed by atoms with Crippen LogP contribution in [0.4, 0.5) is 0 Å². The largest absolute Gasteiger partial charge is 0.368 e. The smallest absolute Gasteiger partial charge is 0.236 e. The number of piperazine rings is 1. The third-order valence-electron chi connectivity index (χ3n) is 2.11. The minimum Gasteiger partial charge on any atom is -0.368 e. The summed E-state index contributed by atoms with van der Waals surface area (Å²) in [5.74, 6) is -0.282. The Kier molecular flexibility index (Phi) is 4.21. The third-order valence-corrected chi connectivity index (χ3v) is 2.29. The molecular weight excluding hydrogens is 190 g/mol. The van der Waals surface area contributed by atoms with Crippen molar-refractivity contribution in [1.82, 2.24) is 10.2 Å². The van der Waals surface area contributed by atoms with Crippen LogP contribution in [0.2, 0.25) is 0 Å². The first kappa shape index (κ1) is 10.5. The molecule has 0 aromatic rings. The summed E-state index contributed by atoms with van der Waals surface area (Å²) >= 11 is 5.41. The van der Waals surface area contributed by atoms with E-state index < -0.39 is 0 Å². The molecule has 4 nitrogen and oxygen atoms in total. The number of carbonyl (C=O) groups is 1. The van der Waals surface area contributed by atoms with Crippen molar-refractivity contribution in [2.75, 3.05) is 26.2 Å². The molecule has 0 radical (unpaired) electrons. The first-order valence-electron chi connectivity index (χ1n) is 4.25. The fourth-order valence-corrected chi connectivity index (χ4v) is 1.50. The fourth-order valence-electron chi connectivity index (χ4n) is 1.42. The number of halogens is 1. The van der Waals surface area contributed by atoms with E-state index in [9.17, 15) is 4.79 Å². The van der Waals surface area contributed by atoms with E-state index >= 15 is 0 Å². The number of hydrogen-bond acceptors (Lipinski definition) is 3. The maximum absolute atomic E-state index is 11.0. The molecule has 1 aliphatic heterocycles. The van der Waals surface area contributed by atoms with Gasteiger partial charge in [0.05, 0.1) is 0 Å². The highest BCUT2D eigenvalue weighted by Crippen LogP contribution is 2.02. The Balaban J connectivity index is 2.51. The van der Waals surface area contributed by atoms with Gasteiger partial charge in [0.2, 0.25) is 5.91 Å². The minimum absolute atomic E-state index is 0.207. The molecule has 74 valence electrons. The van der Waals surface area contributed by atoms with Crippen LogP contribution in [0.1, 0.15) is 0 Å². The lowest BCUT2D eigenvalue weighted by atomic mass is 10.2. The molecule has 1 atom stereocenters. The predicted octanol–water partition coefficient (Wildman–Crippen LogP) is -0.502. The highest BCUT2D eigenvalue weighted by Gasteiger charge is 2.25. The number of hydrogen-bond donors (Lipinski definition) is 2. The van der Waals surface area contributed by atoms with Crippen molar-refractivity contribution in [3.8, 4) is 0 Å². The lowest BCUT2D eigenvalue weighted by molar-refractivity contribution is -0.123. The number of nitrogens with two attached hydrogens (primary N) is 1. The maximum atomic E-state index is 11.0. The predicted molar refractivity (Wildman–Crippen MR) is 52.4 cm³/mol. The summed E-state index contributed by atoms with van der Waals surface area (Å²) in [5.41, 5.74) is 6.71. The molecule has 1 aliphatic rings. The van der Waals surface area contributed by atoms with Gasteiger partial charge in [0.1, 0.15) is 6.04 Å². The molecule has 0 bridgehead atoms. The molecule has 0 aromatic heterocycles. The SMILES string of the molecule is NC(=O)C1CNCCN1CC=CCl. The molecule has 1 saturated heterocycles. The van der Waals surface area contributed by atoms with Crippen LogP contribution < -0.4 is 11.1 Å². The molecule has 1 amide bonds. The van der Waals surface area contributed by atoms with Gasteiger partial charge in [0, 0.05) is 31.7 Å². The molecule has 1 rings (SSSR count). The molecule has 1 unspecified atom stereocenters. The van der Waals surface area contributed by atoms with Gasteiger partial charge < -0.3 is 11.1 Å². The second-order valence-corrected chi connectivity index (χ2v) is 3.23. The van der Waals surface area contributed by atoms with Crippen molar-refractivity contribution in [3.63, 3.8) is 0 Å². The van der Waals surface area contributed by atoms with Crippen LogP contribution in [-0.2, 0) is 4.79 Å². The maximum Gasteiger partial charge on any atom is 0.236 e. The molecule has 0 spiro atoms. The third kappa shape index (κ3) is 2.99. The highest BCUT2D eigenvalue weighted by molar-refractivity contribution is 6.25. The monoisotopic (exact) mass is 203 g/mol. The van der Waals surface area contributed by atoms with E-state index in [1.165, 1.54) is 5.54 Å². The second-order valence-electron chi connectivity index (χ2n) is 2.98.